The predicted octanol–water partition coefficient (Wildman–Crippen LogP) is 4.19. The number of halogens is 1. The highest BCUT2D eigenvalue weighted by Crippen LogP contribution is 2.28. The lowest BCUT2D eigenvalue weighted by Crippen LogP contribution is -2.23. The SMILES string of the molecule is Cc1onc(-c2ccc(Cl)cc2)c1C(=O)c1c[nH]c(C(=O)NCc2ccccn2)c1. The lowest BCUT2D eigenvalue weighted by atomic mass is 9.99. The van der Waals surface area contributed by atoms with E-state index in [-0.39, 0.29) is 23.9 Å². The Hall–Kier alpha value is -3.71. The normalized spacial score (nSPS) is 10.7. The molecule has 3 aromatic heterocycles. The quantitative estimate of drug-likeness (QED) is 0.455. The lowest BCUT2D eigenvalue weighted by molar-refractivity contribution is 0.0946. The fraction of sp³-hybridized carbons (Fsp3) is 0.0909. The molecule has 0 unspecified atom stereocenters. The Bertz CT molecular complexity index is 1200. The zero-order valence-electron chi connectivity index (χ0n) is 16.0. The Morgan fingerprint density at radius 2 is 1.97 bits per heavy atom. The first kappa shape index (κ1) is 19.6. The Balaban J connectivity index is 1.54. The number of aryl methyl sites for hydroxylation is 1. The third kappa shape index (κ3) is 4.01. The number of nitrogens with zero attached hydrogens (tertiary/aromatic N) is 2. The highest BCUT2D eigenvalue weighted by molar-refractivity contribution is 6.30. The molecule has 1 aromatic carbocycles. The summed E-state index contributed by atoms with van der Waals surface area (Å²) in [6.07, 6.45) is 3.16. The van der Waals surface area contributed by atoms with Gasteiger partial charge in [-0.15, -0.1) is 0 Å². The second kappa shape index (κ2) is 8.34. The van der Waals surface area contributed by atoms with Crippen LogP contribution >= 0.6 is 11.6 Å². The van der Waals surface area contributed by atoms with Gasteiger partial charge in [0.2, 0.25) is 0 Å². The van der Waals surface area contributed by atoms with Crippen molar-refractivity contribution in [3.63, 3.8) is 0 Å². The molecule has 0 aliphatic carbocycles. The summed E-state index contributed by atoms with van der Waals surface area (Å²) in [4.78, 5) is 32.5. The van der Waals surface area contributed by atoms with Gasteiger partial charge < -0.3 is 14.8 Å². The number of hydrogen-bond donors (Lipinski definition) is 2. The fourth-order valence-corrected chi connectivity index (χ4v) is 3.14. The number of pyridine rings is 1. The second-order valence-electron chi connectivity index (χ2n) is 6.60. The number of carbonyl (C=O) groups excluding carboxylic acids is 2. The van der Waals surface area contributed by atoms with Crippen molar-refractivity contribution in [3.8, 4) is 11.3 Å². The van der Waals surface area contributed by atoms with E-state index >= 15 is 0 Å². The maximum atomic E-state index is 13.1. The van der Waals surface area contributed by atoms with Crippen molar-refractivity contribution < 1.29 is 14.1 Å². The van der Waals surface area contributed by atoms with Crippen molar-refractivity contribution in [2.24, 2.45) is 0 Å². The average molecular weight is 421 g/mol. The molecule has 7 nitrogen and oxygen atoms in total. The van der Waals surface area contributed by atoms with E-state index in [0.717, 1.165) is 5.69 Å². The summed E-state index contributed by atoms with van der Waals surface area (Å²) in [6, 6.07) is 13.9. The van der Waals surface area contributed by atoms with E-state index < -0.39 is 0 Å². The van der Waals surface area contributed by atoms with Gasteiger partial charge >= 0.3 is 0 Å². The molecule has 0 spiro atoms. The first-order chi connectivity index (χ1) is 14.5. The highest BCUT2D eigenvalue weighted by atomic mass is 35.5. The summed E-state index contributed by atoms with van der Waals surface area (Å²) < 4.78 is 5.26. The predicted molar refractivity (Wildman–Crippen MR) is 111 cm³/mol. The maximum absolute atomic E-state index is 13.1. The zero-order valence-corrected chi connectivity index (χ0v) is 16.7. The van der Waals surface area contributed by atoms with Gasteiger partial charge in [-0.05, 0) is 37.3 Å². The fourth-order valence-electron chi connectivity index (χ4n) is 3.01. The van der Waals surface area contributed by atoms with Crippen molar-refractivity contribution >= 4 is 23.3 Å². The molecule has 0 fully saturated rings. The van der Waals surface area contributed by atoms with Gasteiger partial charge in [-0.1, -0.05) is 35.0 Å². The molecule has 2 N–H and O–H groups in total. The molecule has 0 radical (unpaired) electrons. The Labute approximate surface area is 177 Å². The molecule has 1 amide bonds. The molecule has 0 atom stereocenters. The van der Waals surface area contributed by atoms with Crippen LogP contribution in [0.1, 0.15) is 37.9 Å². The van der Waals surface area contributed by atoms with Gasteiger partial charge in [0, 0.05) is 28.5 Å². The van der Waals surface area contributed by atoms with Gasteiger partial charge in [-0.3, -0.25) is 14.6 Å². The summed E-state index contributed by atoms with van der Waals surface area (Å²) in [6.45, 7) is 1.96. The van der Waals surface area contributed by atoms with Gasteiger partial charge in [0.15, 0.2) is 5.78 Å². The van der Waals surface area contributed by atoms with Crippen LogP contribution < -0.4 is 5.32 Å². The zero-order chi connectivity index (χ0) is 21.1. The van der Waals surface area contributed by atoms with Gasteiger partial charge in [0.05, 0.1) is 17.8 Å². The maximum Gasteiger partial charge on any atom is 0.268 e. The molecule has 0 saturated carbocycles. The monoisotopic (exact) mass is 420 g/mol. The minimum absolute atomic E-state index is 0.274. The number of amides is 1. The second-order valence-corrected chi connectivity index (χ2v) is 7.04. The molecular weight excluding hydrogens is 404 g/mol. The number of nitrogens with one attached hydrogen (secondary N) is 2. The van der Waals surface area contributed by atoms with Crippen molar-refractivity contribution in [1.29, 1.82) is 0 Å². The van der Waals surface area contributed by atoms with Crippen LogP contribution in [0.2, 0.25) is 5.02 Å². The summed E-state index contributed by atoms with van der Waals surface area (Å²) >= 11 is 5.94. The summed E-state index contributed by atoms with van der Waals surface area (Å²) in [5, 5.41) is 7.38. The number of hydrogen-bond acceptors (Lipinski definition) is 5. The van der Waals surface area contributed by atoms with Crippen LogP contribution in [-0.4, -0.2) is 26.8 Å². The Morgan fingerprint density at radius 1 is 1.17 bits per heavy atom. The van der Waals surface area contributed by atoms with E-state index in [0.29, 0.717) is 33.2 Å². The van der Waals surface area contributed by atoms with Crippen LogP contribution in [0.25, 0.3) is 11.3 Å². The third-order valence-electron chi connectivity index (χ3n) is 4.55. The summed E-state index contributed by atoms with van der Waals surface area (Å²) in [5.41, 5.74) is 2.83. The third-order valence-corrected chi connectivity index (χ3v) is 4.81. The molecular formula is C22H17ClN4O3. The molecule has 0 saturated heterocycles. The van der Waals surface area contributed by atoms with Gasteiger partial charge in [-0.25, -0.2) is 0 Å². The molecule has 150 valence electrons. The number of ketones is 1. The molecule has 4 rings (SSSR count). The van der Waals surface area contributed by atoms with Crippen LogP contribution in [0, 0.1) is 6.92 Å². The largest absolute Gasteiger partial charge is 0.360 e. The Kier molecular flexibility index (Phi) is 5.45. The number of aromatic nitrogens is 3. The standard InChI is InChI=1S/C22H17ClN4O3/c1-13-19(20(27-30-13)14-5-7-16(23)8-6-14)21(28)15-10-18(25-11-15)22(29)26-12-17-4-2-3-9-24-17/h2-11,25H,12H2,1H3,(H,26,29). The van der Waals surface area contributed by atoms with Crippen molar-refractivity contribution in [3.05, 3.63) is 94.2 Å². The first-order valence-electron chi connectivity index (χ1n) is 9.16. The number of carbonyl (C=O) groups is 2. The minimum atomic E-state index is -0.334. The van der Waals surface area contributed by atoms with Crippen LogP contribution in [0.4, 0.5) is 0 Å². The number of aromatic amines is 1. The number of H-pyrrole nitrogens is 1. The number of rotatable bonds is 6. The van der Waals surface area contributed by atoms with Gasteiger partial charge in [0.1, 0.15) is 17.1 Å². The van der Waals surface area contributed by atoms with E-state index in [1.165, 1.54) is 12.3 Å². The van der Waals surface area contributed by atoms with E-state index in [1.807, 2.05) is 12.1 Å². The molecule has 0 bridgehead atoms. The molecule has 0 aliphatic rings. The first-order valence-corrected chi connectivity index (χ1v) is 9.54. The van der Waals surface area contributed by atoms with E-state index in [4.69, 9.17) is 16.1 Å². The van der Waals surface area contributed by atoms with Crippen LogP contribution in [0.15, 0.2) is 65.4 Å². The van der Waals surface area contributed by atoms with Gasteiger partial charge in [0.25, 0.3) is 5.91 Å². The van der Waals surface area contributed by atoms with Crippen LogP contribution in [-0.2, 0) is 6.54 Å². The van der Waals surface area contributed by atoms with Crippen LogP contribution in [0.3, 0.4) is 0 Å². The lowest BCUT2D eigenvalue weighted by Gasteiger charge is -2.03. The van der Waals surface area contributed by atoms with E-state index in [1.54, 1.807) is 43.5 Å². The topological polar surface area (TPSA) is 101 Å². The van der Waals surface area contributed by atoms with E-state index in [9.17, 15) is 9.59 Å². The summed E-state index contributed by atoms with van der Waals surface area (Å²) in [7, 11) is 0. The highest BCUT2D eigenvalue weighted by Gasteiger charge is 2.24. The molecule has 8 heteroatoms. The molecule has 4 aromatic rings. The molecule has 30 heavy (non-hydrogen) atoms. The molecule has 3 heterocycles. The van der Waals surface area contributed by atoms with Crippen molar-refractivity contribution in [1.82, 2.24) is 20.4 Å². The van der Waals surface area contributed by atoms with Crippen molar-refractivity contribution in [2.45, 2.75) is 13.5 Å². The summed E-state index contributed by atoms with van der Waals surface area (Å²) in [5.74, 6) is -0.231. The smallest absolute Gasteiger partial charge is 0.268 e. The molecule has 0 aliphatic heterocycles. The van der Waals surface area contributed by atoms with Crippen LogP contribution in [0.5, 0.6) is 0 Å². The average Bonchev–Trinajstić information content (AvgIpc) is 3.40. The van der Waals surface area contributed by atoms with E-state index in [2.05, 4.69) is 20.4 Å². The van der Waals surface area contributed by atoms with Crippen molar-refractivity contribution in [2.75, 3.05) is 0 Å². The van der Waals surface area contributed by atoms with Gasteiger partial charge in [-0.2, -0.15) is 0 Å². The minimum Gasteiger partial charge on any atom is -0.360 e. The Morgan fingerprint density at radius 3 is 2.70 bits per heavy atom. The number of benzene rings is 1.